The predicted molar refractivity (Wildman–Crippen MR) is 73.8 cm³/mol. The number of fused-ring (bicyclic) bond motifs is 1. The van der Waals surface area contributed by atoms with Crippen molar-refractivity contribution in [3.8, 4) is 0 Å². The molecule has 0 saturated heterocycles. The molecule has 0 amide bonds. The zero-order valence-electron chi connectivity index (χ0n) is 11.1. The molecule has 0 atom stereocenters. The molecule has 0 bridgehead atoms. The van der Waals surface area contributed by atoms with Crippen LogP contribution in [0.3, 0.4) is 0 Å². The van der Waals surface area contributed by atoms with Crippen LogP contribution in [0.4, 0.5) is 0 Å². The van der Waals surface area contributed by atoms with E-state index in [0.717, 1.165) is 25.1 Å². The number of benzene rings is 1. The lowest BCUT2D eigenvalue weighted by Gasteiger charge is -2.24. The van der Waals surface area contributed by atoms with E-state index in [1.807, 2.05) is 24.5 Å². The fourth-order valence-electron chi connectivity index (χ4n) is 2.20. The first-order valence-electron chi connectivity index (χ1n) is 6.43. The summed E-state index contributed by atoms with van der Waals surface area (Å²) in [6, 6.07) is 8.12. The summed E-state index contributed by atoms with van der Waals surface area (Å²) in [6.07, 6.45) is 2.65. The second-order valence-electron chi connectivity index (χ2n) is 5.28. The maximum atomic E-state index is 8.77. The lowest BCUT2D eigenvalue weighted by Crippen LogP contribution is -2.33. The van der Waals surface area contributed by atoms with Crippen molar-refractivity contribution < 1.29 is 9.52 Å². The molecule has 1 aromatic carbocycles. The van der Waals surface area contributed by atoms with Crippen LogP contribution in [0.2, 0.25) is 0 Å². The molecule has 2 rings (SSSR count). The van der Waals surface area contributed by atoms with Gasteiger partial charge in [0.15, 0.2) is 0 Å². The zero-order valence-corrected chi connectivity index (χ0v) is 11.1. The van der Waals surface area contributed by atoms with Crippen molar-refractivity contribution in [2.24, 2.45) is 0 Å². The number of para-hydroxylation sites is 1. The molecular weight excluding hydrogens is 226 g/mol. The number of hydrogen-bond acceptors (Lipinski definition) is 3. The molecule has 3 heteroatoms. The highest BCUT2D eigenvalue weighted by Gasteiger charge is 2.24. The van der Waals surface area contributed by atoms with E-state index < -0.39 is 0 Å². The third kappa shape index (κ3) is 2.74. The van der Waals surface area contributed by atoms with E-state index in [0.29, 0.717) is 0 Å². The van der Waals surface area contributed by atoms with Crippen molar-refractivity contribution in [2.75, 3.05) is 19.7 Å². The molecule has 0 unspecified atom stereocenters. The van der Waals surface area contributed by atoms with Gasteiger partial charge in [0.1, 0.15) is 5.58 Å². The van der Waals surface area contributed by atoms with E-state index in [1.54, 1.807) is 0 Å². The molecule has 2 aromatic rings. The van der Waals surface area contributed by atoms with Crippen molar-refractivity contribution in [3.05, 3.63) is 36.1 Å². The first-order chi connectivity index (χ1) is 8.65. The first-order valence-corrected chi connectivity index (χ1v) is 6.43. The van der Waals surface area contributed by atoms with Crippen molar-refractivity contribution in [3.63, 3.8) is 0 Å². The smallest absolute Gasteiger partial charge is 0.134 e. The van der Waals surface area contributed by atoms with Gasteiger partial charge in [-0.2, -0.15) is 0 Å². The number of hydrogen-bond donors (Lipinski definition) is 2. The number of aliphatic hydroxyl groups excluding tert-OH is 1. The van der Waals surface area contributed by atoms with Crippen LogP contribution < -0.4 is 5.32 Å². The van der Waals surface area contributed by atoms with Gasteiger partial charge in [0, 0.05) is 29.5 Å². The largest absolute Gasteiger partial charge is 0.464 e. The Morgan fingerprint density at radius 1 is 1.28 bits per heavy atom. The molecule has 0 aliphatic heterocycles. The van der Waals surface area contributed by atoms with Gasteiger partial charge in [-0.15, -0.1) is 0 Å². The van der Waals surface area contributed by atoms with Crippen molar-refractivity contribution >= 4 is 11.0 Å². The molecule has 0 saturated carbocycles. The molecule has 0 aliphatic rings. The maximum Gasteiger partial charge on any atom is 0.134 e. The van der Waals surface area contributed by atoms with E-state index in [4.69, 9.17) is 9.52 Å². The fourth-order valence-corrected chi connectivity index (χ4v) is 2.20. The minimum atomic E-state index is 0.0159. The highest BCUT2D eigenvalue weighted by Crippen LogP contribution is 2.31. The summed E-state index contributed by atoms with van der Waals surface area (Å²) in [5, 5.41) is 13.3. The van der Waals surface area contributed by atoms with E-state index >= 15 is 0 Å². The summed E-state index contributed by atoms with van der Waals surface area (Å²) >= 11 is 0. The Balaban J connectivity index is 2.13. The second kappa shape index (κ2) is 5.55. The van der Waals surface area contributed by atoms with E-state index in [9.17, 15) is 0 Å². The fraction of sp³-hybridized carbons (Fsp3) is 0.467. The molecule has 18 heavy (non-hydrogen) atoms. The van der Waals surface area contributed by atoms with Crippen molar-refractivity contribution in [2.45, 2.75) is 25.7 Å². The Labute approximate surface area is 108 Å². The third-order valence-electron chi connectivity index (χ3n) is 3.29. The number of aliphatic hydroxyl groups is 1. The van der Waals surface area contributed by atoms with E-state index in [-0.39, 0.29) is 12.0 Å². The maximum absolute atomic E-state index is 8.77. The second-order valence-corrected chi connectivity index (χ2v) is 5.28. The van der Waals surface area contributed by atoms with Gasteiger partial charge in [0.05, 0.1) is 6.26 Å². The molecule has 0 fully saturated rings. The van der Waals surface area contributed by atoms with Crippen LogP contribution in [0, 0.1) is 0 Å². The SMILES string of the molecule is CC(C)(CNCCCO)c1coc2ccccc12. The van der Waals surface area contributed by atoms with E-state index in [2.05, 4.69) is 25.2 Å². The minimum Gasteiger partial charge on any atom is -0.464 e. The summed E-state index contributed by atoms with van der Waals surface area (Å²) in [5.41, 5.74) is 2.19. The van der Waals surface area contributed by atoms with Crippen LogP contribution in [-0.2, 0) is 5.41 Å². The van der Waals surface area contributed by atoms with Crippen LogP contribution in [0.1, 0.15) is 25.8 Å². The molecule has 0 spiro atoms. The molecule has 98 valence electrons. The van der Waals surface area contributed by atoms with Gasteiger partial charge < -0.3 is 14.8 Å². The third-order valence-corrected chi connectivity index (χ3v) is 3.29. The normalized spacial score (nSPS) is 12.2. The van der Waals surface area contributed by atoms with Gasteiger partial charge in [-0.3, -0.25) is 0 Å². The predicted octanol–water partition coefficient (Wildman–Crippen LogP) is 2.68. The molecule has 2 N–H and O–H groups in total. The monoisotopic (exact) mass is 247 g/mol. The van der Waals surface area contributed by atoms with E-state index in [1.165, 1.54) is 10.9 Å². The number of rotatable bonds is 6. The van der Waals surface area contributed by atoms with Gasteiger partial charge in [0.2, 0.25) is 0 Å². The van der Waals surface area contributed by atoms with Gasteiger partial charge >= 0.3 is 0 Å². The van der Waals surface area contributed by atoms with Gasteiger partial charge in [-0.25, -0.2) is 0 Å². The summed E-state index contributed by atoms with van der Waals surface area (Å²) in [5.74, 6) is 0. The van der Waals surface area contributed by atoms with Crippen LogP contribution in [0.25, 0.3) is 11.0 Å². The van der Waals surface area contributed by atoms with Gasteiger partial charge in [0.25, 0.3) is 0 Å². The molecular formula is C15H21NO2. The van der Waals surface area contributed by atoms with Crippen LogP contribution in [0.15, 0.2) is 34.9 Å². The zero-order chi connectivity index (χ0) is 13.0. The average Bonchev–Trinajstić information content (AvgIpc) is 2.79. The highest BCUT2D eigenvalue weighted by molar-refractivity contribution is 5.82. The van der Waals surface area contributed by atoms with Crippen molar-refractivity contribution in [1.82, 2.24) is 5.32 Å². The lowest BCUT2D eigenvalue weighted by atomic mass is 9.84. The number of nitrogens with one attached hydrogen (secondary N) is 1. The Hall–Kier alpha value is -1.32. The van der Waals surface area contributed by atoms with Crippen molar-refractivity contribution in [1.29, 1.82) is 0 Å². The average molecular weight is 247 g/mol. The summed E-state index contributed by atoms with van der Waals surface area (Å²) in [7, 11) is 0. The molecule has 1 aromatic heterocycles. The Kier molecular flexibility index (Phi) is 4.04. The quantitative estimate of drug-likeness (QED) is 0.771. The summed E-state index contributed by atoms with van der Waals surface area (Å²) in [6.45, 7) is 6.36. The molecule has 0 aliphatic carbocycles. The van der Waals surface area contributed by atoms with Crippen LogP contribution in [0.5, 0.6) is 0 Å². The summed E-state index contributed by atoms with van der Waals surface area (Å²) < 4.78 is 5.60. The molecule has 0 radical (unpaired) electrons. The Bertz CT molecular complexity index is 502. The topological polar surface area (TPSA) is 45.4 Å². The van der Waals surface area contributed by atoms with Gasteiger partial charge in [-0.1, -0.05) is 32.0 Å². The summed E-state index contributed by atoms with van der Waals surface area (Å²) in [4.78, 5) is 0. The Morgan fingerprint density at radius 2 is 2.06 bits per heavy atom. The number of furan rings is 1. The first kappa shape index (κ1) is 13.1. The van der Waals surface area contributed by atoms with Crippen LogP contribution in [-0.4, -0.2) is 24.8 Å². The minimum absolute atomic E-state index is 0.0159. The standard InChI is InChI=1S/C15H21NO2/c1-15(2,11-16-8-5-9-17)13-10-18-14-7-4-3-6-12(13)14/h3-4,6-7,10,16-17H,5,8-9,11H2,1-2H3. The molecule has 1 heterocycles. The Morgan fingerprint density at radius 3 is 2.83 bits per heavy atom. The lowest BCUT2D eigenvalue weighted by molar-refractivity contribution is 0.284. The molecule has 3 nitrogen and oxygen atoms in total. The van der Waals surface area contributed by atoms with Gasteiger partial charge in [-0.05, 0) is 19.0 Å². The highest BCUT2D eigenvalue weighted by atomic mass is 16.3. The van der Waals surface area contributed by atoms with Crippen LogP contribution >= 0.6 is 0 Å².